The van der Waals surface area contributed by atoms with E-state index in [4.69, 9.17) is 0 Å². The smallest absolute Gasteiger partial charge is 0.128 e. The molecule has 2 aromatic carbocycles. The molecule has 1 heterocycles. The number of hydrogen-bond donors (Lipinski definition) is 1. The van der Waals surface area contributed by atoms with Gasteiger partial charge in [0, 0.05) is 30.9 Å². The molecule has 3 rings (SSSR count). The minimum Gasteiger partial charge on any atom is -0.368 e. The summed E-state index contributed by atoms with van der Waals surface area (Å²) in [5.74, 6) is -0.132. The lowest BCUT2D eigenvalue weighted by atomic mass is 9.89. The second-order valence-corrected chi connectivity index (χ2v) is 5.93. The molecular formula is C18H21FN2. The van der Waals surface area contributed by atoms with Gasteiger partial charge < -0.3 is 10.2 Å². The van der Waals surface area contributed by atoms with Crippen molar-refractivity contribution in [3.8, 4) is 0 Å². The van der Waals surface area contributed by atoms with E-state index in [0.29, 0.717) is 0 Å². The van der Waals surface area contributed by atoms with Gasteiger partial charge in [-0.3, -0.25) is 0 Å². The highest BCUT2D eigenvalue weighted by Crippen LogP contribution is 2.30. The number of benzene rings is 2. The molecule has 1 fully saturated rings. The van der Waals surface area contributed by atoms with Crippen molar-refractivity contribution in [3.63, 3.8) is 0 Å². The van der Waals surface area contributed by atoms with Gasteiger partial charge in [-0.05, 0) is 31.5 Å². The predicted molar refractivity (Wildman–Crippen MR) is 85.1 cm³/mol. The van der Waals surface area contributed by atoms with Gasteiger partial charge in [-0.15, -0.1) is 0 Å². The van der Waals surface area contributed by atoms with Crippen LogP contribution in [0.25, 0.3) is 0 Å². The molecule has 2 nitrogen and oxygen atoms in total. The third-order valence-corrected chi connectivity index (χ3v) is 4.39. The van der Waals surface area contributed by atoms with Gasteiger partial charge in [-0.1, -0.05) is 36.4 Å². The second kappa shape index (κ2) is 5.49. The van der Waals surface area contributed by atoms with Crippen molar-refractivity contribution in [2.75, 3.05) is 24.5 Å². The fraction of sp³-hybridized carbons (Fsp3) is 0.333. The molecule has 1 aliphatic heterocycles. The standard InChI is InChI=1S/C18H21FN2/c1-14-16(19)9-6-10-17(14)21-12-11-20-18(2,13-21)15-7-4-3-5-8-15/h3-10,20H,11-13H2,1-2H3. The summed E-state index contributed by atoms with van der Waals surface area (Å²) in [4.78, 5) is 2.28. The third kappa shape index (κ3) is 2.66. The van der Waals surface area contributed by atoms with Crippen molar-refractivity contribution < 1.29 is 4.39 Å². The highest BCUT2D eigenvalue weighted by Gasteiger charge is 2.32. The average Bonchev–Trinajstić information content (AvgIpc) is 2.51. The second-order valence-electron chi connectivity index (χ2n) is 5.93. The number of piperazine rings is 1. The van der Waals surface area contributed by atoms with Crippen molar-refractivity contribution >= 4 is 5.69 Å². The van der Waals surface area contributed by atoms with E-state index in [2.05, 4.69) is 41.4 Å². The van der Waals surface area contributed by atoms with E-state index in [1.807, 2.05) is 19.1 Å². The molecule has 1 aliphatic rings. The maximum atomic E-state index is 13.8. The number of rotatable bonds is 2. The maximum Gasteiger partial charge on any atom is 0.128 e. The first-order valence-corrected chi connectivity index (χ1v) is 7.41. The molecule has 2 aromatic rings. The van der Waals surface area contributed by atoms with E-state index < -0.39 is 0 Å². The minimum atomic E-state index is -0.132. The SMILES string of the molecule is Cc1c(F)cccc1N1CCNC(C)(c2ccccc2)C1. The Morgan fingerprint density at radius 1 is 1.10 bits per heavy atom. The van der Waals surface area contributed by atoms with Gasteiger partial charge in [0.1, 0.15) is 5.82 Å². The molecule has 0 aliphatic carbocycles. The Labute approximate surface area is 125 Å². The molecule has 110 valence electrons. The number of nitrogens with one attached hydrogen (secondary N) is 1. The van der Waals surface area contributed by atoms with Crippen LogP contribution in [-0.4, -0.2) is 19.6 Å². The van der Waals surface area contributed by atoms with Crippen molar-refractivity contribution in [1.29, 1.82) is 0 Å². The molecule has 21 heavy (non-hydrogen) atoms. The summed E-state index contributed by atoms with van der Waals surface area (Å²) in [7, 11) is 0. The number of halogens is 1. The normalized spacial score (nSPS) is 22.3. The van der Waals surface area contributed by atoms with Crippen LogP contribution in [-0.2, 0) is 5.54 Å². The molecule has 1 unspecified atom stereocenters. The minimum absolute atomic E-state index is 0.113. The quantitative estimate of drug-likeness (QED) is 0.908. The largest absolute Gasteiger partial charge is 0.368 e. The monoisotopic (exact) mass is 284 g/mol. The summed E-state index contributed by atoms with van der Waals surface area (Å²) in [6.07, 6.45) is 0. The van der Waals surface area contributed by atoms with Gasteiger partial charge in [-0.25, -0.2) is 4.39 Å². The van der Waals surface area contributed by atoms with E-state index >= 15 is 0 Å². The molecule has 0 amide bonds. The zero-order valence-corrected chi connectivity index (χ0v) is 12.6. The van der Waals surface area contributed by atoms with Crippen molar-refractivity contribution in [2.24, 2.45) is 0 Å². The first-order chi connectivity index (χ1) is 10.1. The van der Waals surface area contributed by atoms with Crippen LogP contribution < -0.4 is 10.2 Å². The molecule has 1 N–H and O–H groups in total. The Kier molecular flexibility index (Phi) is 3.68. The summed E-state index contributed by atoms with van der Waals surface area (Å²) in [5.41, 5.74) is 2.88. The fourth-order valence-electron chi connectivity index (χ4n) is 3.13. The number of anilines is 1. The molecule has 0 radical (unpaired) electrons. The first kappa shape index (κ1) is 14.1. The van der Waals surface area contributed by atoms with Crippen molar-refractivity contribution in [1.82, 2.24) is 5.32 Å². The van der Waals surface area contributed by atoms with Gasteiger partial charge in [-0.2, -0.15) is 0 Å². The van der Waals surface area contributed by atoms with Gasteiger partial charge in [0.15, 0.2) is 0 Å². The summed E-state index contributed by atoms with van der Waals surface area (Å²) in [5, 5.41) is 3.61. The van der Waals surface area contributed by atoms with Gasteiger partial charge in [0.25, 0.3) is 0 Å². The van der Waals surface area contributed by atoms with Crippen LogP contribution in [0.4, 0.5) is 10.1 Å². The van der Waals surface area contributed by atoms with Gasteiger partial charge >= 0.3 is 0 Å². The van der Waals surface area contributed by atoms with Crippen molar-refractivity contribution in [3.05, 3.63) is 65.5 Å². The molecule has 1 atom stereocenters. The van der Waals surface area contributed by atoms with Crippen LogP contribution in [0.1, 0.15) is 18.1 Å². The van der Waals surface area contributed by atoms with Gasteiger partial charge in [0.05, 0.1) is 5.54 Å². The summed E-state index contributed by atoms with van der Waals surface area (Å²) in [6.45, 7) is 6.69. The van der Waals surface area contributed by atoms with Crippen LogP contribution in [0, 0.1) is 12.7 Å². The van der Waals surface area contributed by atoms with Crippen LogP contribution >= 0.6 is 0 Å². The van der Waals surface area contributed by atoms with Crippen LogP contribution in [0.15, 0.2) is 48.5 Å². The third-order valence-electron chi connectivity index (χ3n) is 4.39. The lowest BCUT2D eigenvalue weighted by Gasteiger charge is -2.43. The Bertz CT molecular complexity index is 626. The Morgan fingerprint density at radius 2 is 1.86 bits per heavy atom. The zero-order chi connectivity index (χ0) is 14.9. The van der Waals surface area contributed by atoms with Crippen LogP contribution in [0.2, 0.25) is 0 Å². The molecule has 0 saturated carbocycles. The van der Waals surface area contributed by atoms with Crippen LogP contribution in [0.5, 0.6) is 0 Å². The molecule has 1 saturated heterocycles. The lowest BCUT2D eigenvalue weighted by Crippen LogP contribution is -2.57. The topological polar surface area (TPSA) is 15.3 Å². The summed E-state index contributed by atoms with van der Waals surface area (Å²) in [6, 6.07) is 15.8. The first-order valence-electron chi connectivity index (χ1n) is 7.41. The Balaban J connectivity index is 1.91. The number of hydrogen-bond acceptors (Lipinski definition) is 2. The maximum absolute atomic E-state index is 13.8. The van der Waals surface area contributed by atoms with E-state index in [1.54, 1.807) is 6.07 Å². The molecule has 3 heteroatoms. The molecule has 0 spiro atoms. The fourth-order valence-corrected chi connectivity index (χ4v) is 3.13. The summed E-state index contributed by atoms with van der Waals surface area (Å²) < 4.78 is 13.8. The van der Waals surface area contributed by atoms with Crippen molar-refractivity contribution in [2.45, 2.75) is 19.4 Å². The molecule has 0 aromatic heterocycles. The van der Waals surface area contributed by atoms with Gasteiger partial charge in [0.2, 0.25) is 0 Å². The average molecular weight is 284 g/mol. The predicted octanol–water partition coefficient (Wildman–Crippen LogP) is 3.46. The Hall–Kier alpha value is -1.87. The lowest BCUT2D eigenvalue weighted by molar-refractivity contribution is 0.331. The summed E-state index contributed by atoms with van der Waals surface area (Å²) >= 11 is 0. The van der Waals surface area contributed by atoms with E-state index in [0.717, 1.165) is 30.9 Å². The Morgan fingerprint density at radius 3 is 2.62 bits per heavy atom. The van der Waals surface area contributed by atoms with E-state index in [1.165, 1.54) is 11.6 Å². The molecular weight excluding hydrogens is 263 g/mol. The van der Waals surface area contributed by atoms with E-state index in [-0.39, 0.29) is 11.4 Å². The van der Waals surface area contributed by atoms with Crippen LogP contribution in [0.3, 0.4) is 0 Å². The molecule has 0 bridgehead atoms. The number of nitrogens with zero attached hydrogens (tertiary/aromatic N) is 1. The zero-order valence-electron chi connectivity index (χ0n) is 12.6. The van der Waals surface area contributed by atoms with E-state index in [9.17, 15) is 4.39 Å². The highest BCUT2D eigenvalue weighted by atomic mass is 19.1. The highest BCUT2D eigenvalue weighted by molar-refractivity contribution is 5.54.